The minimum absolute atomic E-state index is 0.0604. The molecule has 0 fully saturated rings. The van der Waals surface area contributed by atoms with Gasteiger partial charge in [-0.15, -0.1) is 0 Å². The normalized spacial score (nSPS) is 10.3. The predicted octanol–water partition coefficient (Wildman–Crippen LogP) is 2.60. The van der Waals surface area contributed by atoms with Crippen molar-refractivity contribution in [2.75, 3.05) is 18.4 Å². The summed E-state index contributed by atoms with van der Waals surface area (Å²) in [5, 5.41) is 15.5. The van der Waals surface area contributed by atoms with Crippen LogP contribution in [0.1, 0.15) is 11.1 Å². The lowest BCUT2D eigenvalue weighted by Gasteiger charge is -2.10. The molecule has 0 spiro atoms. The first-order chi connectivity index (χ1) is 10.7. The lowest BCUT2D eigenvalue weighted by molar-refractivity contribution is -0.119. The zero-order valence-electron chi connectivity index (χ0n) is 12.2. The van der Waals surface area contributed by atoms with Gasteiger partial charge in [0.05, 0.1) is 23.9 Å². The summed E-state index contributed by atoms with van der Waals surface area (Å²) in [7, 11) is 0. The highest BCUT2D eigenvalue weighted by molar-refractivity contribution is 6.33. The number of hydrogen-bond acceptors (Lipinski definition) is 3. The highest BCUT2D eigenvalue weighted by Crippen LogP contribution is 2.22. The van der Waals surface area contributed by atoms with Crippen LogP contribution in [0.2, 0.25) is 5.02 Å². The van der Waals surface area contributed by atoms with Crippen molar-refractivity contribution in [3.63, 3.8) is 0 Å². The molecule has 0 aromatic heterocycles. The summed E-state index contributed by atoms with van der Waals surface area (Å²) in [5.74, 6) is -0.0959. The number of halogens is 1. The van der Waals surface area contributed by atoms with Crippen molar-refractivity contribution in [3.05, 3.63) is 64.7 Å². The van der Waals surface area contributed by atoms with Gasteiger partial charge in [0.15, 0.2) is 0 Å². The molecular weight excluding hydrogens is 300 g/mol. The Morgan fingerprint density at radius 2 is 1.86 bits per heavy atom. The Hall–Kier alpha value is -2.04. The molecule has 0 unspecified atom stereocenters. The van der Waals surface area contributed by atoms with Crippen LogP contribution in [0.4, 0.5) is 5.69 Å². The van der Waals surface area contributed by atoms with E-state index in [1.54, 1.807) is 18.2 Å². The fraction of sp³-hybridized carbons (Fsp3) is 0.235. The van der Waals surface area contributed by atoms with E-state index in [2.05, 4.69) is 10.6 Å². The lowest BCUT2D eigenvalue weighted by Crippen LogP contribution is -2.31. The molecule has 0 atom stereocenters. The van der Waals surface area contributed by atoms with Crippen LogP contribution >= 0.6 is 11.6 Å². The number of carbonyl (C=O) groups is 1. The van der Waals surface area contributed by atoms with Gasteiger partial charge in [0.2, 0.25) is 5.91 Å². The van der Waals surface area contributed by atoms with E-state index < -0.39 is 0 Å². The number of anilines is 1. The van der Waals surface area contributed by atoms with Crippen molar-refractivity contribution in [1.29, 1.82) is 0 Å². The Balaban J connectivity index is 1.76. The molecule has 5 heteroatoms. The van der Waals surface area contributed by atoms with Gasteiger partial charge in [-0.3, -0.25) is 4.79 Å². The third-order valence-corrected chi connectivity index (χ3v) is 3.56. The SMILES string of the molecule is O=C(CNc1cc(CO)ccc1Cl)NCCc1ccccc1. The Morgan fingerprint density at radius 3 is 2.59 bits per heavy atom. The summed E-state index contributed by atoms with van der Waals surface area (Å²) in [4.78, 5) is 11.8. The molecular formula is C17H19ClN2O2. The number of rotatable bonds is 7. The Kier molecular flexibility index (Phi) is 6.25. The topological polar surface area (TPSA) is 61.4 Å². The predicted molar refractivity (Wildman–Crippen MR) is 89.0 cm³/mol. The molecule has 0 radical (unpaired) electrons. The maximum atomic E-state index is 11.8. The highest BCUT2D eigenvalue weighted by atomic mass is 35.5. The zero-order valence-corrected chi connectivity index (χ0v) is 12.9. The molecule has 3 N–H and O–H groups in total. The molecule has 0 aliphatic heterocycles. The third kappa shape index (κ3) is 5.06. The van der Waals surface area contributed by atoms with Gasteiger partial charge in [0.1, 0.15) is 0 Å². The van der Waals surface area contributed by atoms with Gasteiger partial charge in [-0.25, -0.2) is 0 Å². The molecule has 0 saturated heterocycles. The molecule has 0 saturated carbocycles. The first-order valence-corrected chi connectivity index (χ1v) is 7.50. The average Bonchev–Trinajstić information content (AvgIpc) is 2.55. The maximum Gasteiger partial charge on any atom is 0.239 e. The maximum absolute atomic E-state index is 11.8. The second-order valence-electron chi connectivity index (χ2n) is 4.91. The summed E-state index contributed by atoms with van der Waals surface area (Å²) in [6.07, 6.45) is 0.799. The van der Waals surface area contributed by atoms with E-state index in [-0.39, 0.29) is 19.1 Å². The van der Waals surface area contributed by atoms with Crippen molar-refractivity contribution in [1.82, 2.24) is 5.32 Å². The highest BCUT2D eigenvalue weighted by Gasteiger charge is 2.05. The van der Waals surface area contributed by atoms with E-state index in [0.717, 1.165) is 12.0 Å². The molecule has 4 nitrogen and oxygen atoms in total. The van der Waals surface area contributed by atoms with E-state index >= 15 is 0 Å². The van der Waals surface area contributed by atoms with Crippen molar-refractivity contribution >= 4 is 23.2 Å². The second-order valence-corrected chi connectivity index (χ2v) is 5.32. The number of nitrogens with one attached hydrogen (secondary N) is 2. The van der Waals surface area contributed by atoms with Crippen LogP contribution in [-0.2, 0) is 17.8 Å². The zero-order chi connectivity index (χ0) is 15.8. The molecule has 2 aromatic carbocycles. The van der Waals surface area contributed by atoms with Gasteiger partial charge in [-0.05, 0) is 29.7 Å². The summed E-state index contributed by atoms with van der Waals surface area (Å²) in [5.41, 5.74) is 2.58. The lowest BCUT2D eigenvalue weighted by atomic mass is 10.1. The Labute approximate surface area is 135 Å². The van der Waals surface area contributed by atoms with Crippen LogP contribution in [0.15, 0.2) is 48.5 Å². The summed E-state index contributed by atoms with van der Waals surface area (Å²) in [6, 6.07) is 15.2. The first-order valence-electron chi connectivity index (χ1n) is 7.13. The van der Waals surface area contributed by atoms with Gasteiger partial charge < -0.3 is 15.7 Å². The molecule has 1 amide bonds. The van der Waals surface area contributed by atoms with Crippen molar-refractivity contribution < 1.29 is 9.90 Å². The van der Waals surface area contributed by atoms with E-state index in [4.69, 9.17) is 16.7 Å². The molecule has 0 aliphatic carbocycles. The van der Waals surface area contributed by atoms with Gasteiger partial charge in [-0.2, -0.15) is 0 Å². The minimum atomic E-state index is -0.0959. The molecule has 0 bridgehead atoms. The largest absolute Gasteiger partial charge is 0.392 e. The molecule has 0 heterocycles. The number of aliphatic hydroxyl groups is 1. The number of amides is 1. The fourth-order valence-corrected chi connectivity index (χ4v) is 2.22. The Bertz CT molecular complexity index is 617. The van der Waals surface area contributed by atoms with Crippen LogP contribution in [0, 0.1) is 0 Å². The first kappa shape index (κ1) is 16.3. The third-order valence-electron chi connectivity index (χ3n) is 3.23. The summed E-state index contributed by atoms with van der Waals surface area (Å²) in [6.45, 7) is 0.674. The average molecular weight is 319 g/mol. The van der Waals surface area contributed by atoms with Gasteiger partial charge in [0.25, 0.3) is 0 Å². The smallest absolute Gasteiger partial charge is 0.239 e. The van der Waals surface area contributed by atoms with Gasteiger partial charge in [0, 0.05) is 6.54 Å². The molecule has 116 valence electrons. The van der Waals surface area contributed by atoms with Crippen molar-refractivity contribution in [3.8, 4) is 0 Å². The molecule has 22 heavy (non-hydrogen) atoms. The quantitative estimate of drug-likeness (QED) is 0.735. The standard InChI is InChI=1S/C17H19ClN2O2/c18-15-7-6-14(12-21)10-16(15)20-11-17(22)19-9-8-13-4-2-1-3-5-13/h1-7,10,20-21H,8-9,11-12H2,(H,19,22). The number of benzene rings is 2. The van der Waals surface area contributed by atoms with Crippen LogP contribution in [0.25, 0.3) is 0 Å². The second kappa shape index (κ2) is 8.41. The van der Waals surface area contributed by atoms with Crippen LogP contribution in [0.5, 0.6) is 0 Å². The van der Waals surface area contributed by atoms with Crippen molar-refractivity contribution in [2.24, 2.45) is 0 Å². The monoisotopic (exact) mass is 318 g/mol. The van der Waals surface area contributed by atoms with E-state index in [9.17, 15) is 4.79 Å². The van der Waals surface area contributed by atoms with Gasteiger partial charge in [-0.1, -0.05) is 48.0 Å². The molecule has 0 aliphatic rings. The van der Waals surface area contributed by atoms with Crippen LogP contribution in [0.3, 0.4) is 0 Å². The van der Waals surface area contributed by atoms with Gasteiger partial charge >= 0.3 is 0 Å². The van der Waals surface area contributed by atoms with Crippen LogP contribution < -0.4 is 10.6 Å². The van der Waals surface area contributed by atoms with E-state index in [0.29, 0.717) is 17.3 Å². The molecule has 2 aromatic rings. The fourth-order valence-electron chi connectivity index (χ4n) is 2.04. The van der Waals surface area contributed by atoms with E-state index in [1.807, 2.05) is 30.3 Å². The number of hydrogen-bond donors (Lipinski definition) is 3. The van der Waals surface area contributed by atoms with E-state index in [1.165, 1.54) is 5.56 Å². The number of aliphatic hydroxyl groups excluding tert-OH is 1. The van der Waals surface area contributed by atoms with Crippen molar-refractivity contribution in [2.45, 2.75) is 13.0 Å². The minimum Gasteiger partial charge on any atom is -0.392 e. The summed E-state index contributed by atoms with van der Waals surface area (Å²) >= 11 is 6.05. The Morgan fingerprint density at radius 1 is 1.09 bits per heavy atom. The number of carbonyl (C=O) groups excluding carboxylic acids is 1. The molecule has 2 rings (SSSR count). The summed E-state index contributed by atoms with van der Waals surface area (Å²) < 4.78 is 0. The van der Waals surface area contributed by atoms with Crippen LogP contribution in [-0.4, -0.2) is 24.1 Å².